The van der Waals surface area contributed by atoms with E-state index in [1.807, 2.05) is 13.8 Å². The first-order valence-electron chi connectivity index (χ1n) is 11.0. The second-order valence-electron chi connectivity index (χ2n) is 8.05. The van der Waals surface area contributed by atoms with Crippen molar-refractivity contribution in [1.82, 2.24) is 25.4 Å². The summed E-state index contributed by atoms with van der Waals surface area (Å²) in [6.07, 6.45) is 1.25. The highest BCUT2D eigenvalue weighted by molar-refractivity contribution is 14.0. The van der Waals surface area contributed by atoms with Crippen molar-refractivity contribution < 1.29 is 4.42 Å². The van der Waals surface area contributed by atoms with Crippen LogP contribution in [0, 0.1) is 13.8 Å². The van der Waals surface area contributed by atoms with E-state index in [9.17, 15) is 0 Å². The predicted molar refractivity (Wildman–Crippen MR) is 137 cm³/mol. The summed E-state index contributed by atoms with van der Waals surface area (Å²) in [4.78, 5) is 14.1. The number of hydrogen-bond acceptors (Lipinski definition) is 5. The van der Waals surface area contributed by atoms with Crippen LogP contribution >= 0.6 is 24.0 Å². The highest BCUT2D eigenvalue weighted by Crippen LogP contribution is 2.11. The van der Waals surface area contributed by atoms with E-state index < -0.39 is 0 Å². The number of benzene rings is 1. The molecule has 0 atom stereocenters. The van der Waals surface area contributed by atoms with Crippen molar-refractivity contribution in [3.63, 3.8) is 0 Å². The van der Waals surface area contributed by atoms with Crippen LogP contribution in [0.5, 0.6) is 0 Å². The van der Waals surface area contributed by atoms with Crippen LogP contribution in [0.4, 0.5) is 0 Å². The maximum Gasteiger partial charge on any atom is 0.214 e. The Morgan fingerprint density at radius 3 is 2.48 bits per heavy atom. The first kappa shape index (κ1) is 25.6. The van der Waals surface area contributed by atoms with Gasteiger partial charge in [0.2, 0.25) is 5.89 Å². The summed E-state index contributed by atoms with van der Waals surface area (Å²) in [5.41, 5.74) is 3.50. The summed E-state index contributed by atoms with van der Waals surface area (Å²) in [6, 6.07) is 8.84. The first-order chi connectivity index (χ1) is 14.5. The maximum atomic E-state index is 5.63. The van der Waals surface area contributed by atoms with Gasteiger partial charge in [-0.1, -0.05) is 24.3 Å². The highest BCUT2D eigenvalue weighted by atomic mass is 127. The number of aromatic nitrogens is 1. The molecular weight excluding hydrogens is 503 g/mol. The summed E-state index contributed by atoms with van der Waals surface area (Å²) < 4.78 is 5.63. The number of aryl methyl sites for hydroxylation is 2. The maximum absolute atomic E-state index is 5.63. The zero-order valence-corrected chi connectivity index (χ0v) is 21.6. The zero-order valence-electron chi connectivity index (χ0n) is 19.3. The van der Waals surface area contributed by atoms with Crippen molar-refractivity contribution in [2.24, 2.45) is 4.99 Å². The van der Waals surface area contributed by atoms with Gasteiger partial charge in [-0.2, -0.15) is 0 Å². The third kappa shape index (κ3) is 8.42. The highest BCUT2D eigenvalue weighted by Gasteiger charge is 2.12. The van der Waals surface area contributed by atoms with Crippen LogP contribution in [0.1, 0.15) is 41.8 Å². The van der Waals surface area contributed by atoms with Crippen LogP contribution in [-0.2, 0) is 19.6 Å². The van der Waals surface area contributed by atoms with Gasteiger partial charge in [0, 0.05) is 26.2 Å². The number of rotatable bonds is 7. The molecule has 1 aromatic carbocycles. The molecule has 1 saturated heterocycles. The zero-order chi connectivity index (χ0) is 21.3. The van der Waals surface area contributed by atoms with E-state index >= 15 is 0 Å². The Morgan fingerprint density at radius 1 is 1.06 bits per heavy atom. The fourth-order valence-corrected chi connectivity index (χ4v) is 3.55. The molecule has 0 bridgehead atoms. The Balaban J connectivity index is 0.00000341. The summed E-state index contributed by atoms with van der Waals surface area (Å²) >= 11 is 0. The molecule has 0 radical (unpaired) electrons. The van der Waals surface area contributed by atoms with Crippen LogP contribution in [0.3, 0.4) is 0 Å². The van der Waals surface area contributed by atoms with Crippen LogP contribution in [0.25, 0.3) is 0 Å². The lowest BCUT2D eigenvalue weighted by Gasteiger charge is -2.20. The van der Waals surface area contributed by atoms with Gasteiger partial charge in [-0.3, -0.25) is 4.90 Å². The summed E-state index contributed by atoms with van der Waals surface area (Å²) in [5.74, 6) is 2.31. The van der Waals surface area contributed by atoms with Gasteiger partial charge in [-0.15, -0.1) is 24.0 Å². The Kier molecular flexibility index (Phi) is 10.8. The normalized spacial score (nSPS) is 15.9. The molecule has 1 aliphatic rings. The molecule has 2 heterocycles. The second-order valence-corrected chi connectivity index (χ2v) is 8.05. The van der Waals surface area contributed by atoms with Gasteiger partial charge in [0.15, 0.2) is 5.96 Å². The van der Waals surface area contributed by atoms with E-state index in [4.69, 9.17) is 9.41 Å². The van der Waals surface area contributed by atoms with Crippen molar-refractivity contribution >= 4 is 29.9 Å². The molecular formula is C23H37IN6O. The lowest BCUT2D eigenvalue weighted by Crippen LogP contribution is -2.36. The average molecular weight is 540 g/mol. The van der Waals surface area contributed by atoms with E-state index in [0.717, 1.165) is 43.6 Å². The standard InChI is InChI=1S/C23H36N6O.HI/c1-5-24-23(26-16-22-27-18(2)19(3)30-22)25-15-20-7-9-21(10-8-20)17-29-12-6-11-28(4)13-14-29;/h7-10H,5-6,11-17H2,1-4H3,(H2,24,25,26);1H. The molecule has 2 N–H and O–H groups in total. The molecule has 0 amide bonds. The minimum absolute atomic E-state index is 0. The van der Waals surface area contributed by atoms with Gasteiger partial charge in [0.25, 0.3) is 0 Å². The van der Waals surface area contributed by atoms with Crippen molar-refractivity contribution in [3.8, 4) is 0 Å². The Morgan fingerprint density at radius 2 is 1.81 bits per heavy atom. The van der Waals surface area contributed by atoms with Crippen molar-refractivity contribution in [2.75, 3.05) is 39.8 Å². The smallest absolute Gasteiger partial charge is 0.214 e. The van der Waals surface area contributed by atoms with Crippen LogP contribution in [0.15, 0.2) is 33.7 Å². The average Bonchev–Trinajstić information content (AvgIpc) is 2.92. The number of hydrogen-bond donors (Lipinski definition) is 2. The van der Waals surface area contributed by atoms with Gasteiger partial charge in [-0.25, -0.2) is 9.98 Å². The van der Waals surface area contributed by atoms with E-state index in [-0.39, 0.29) is 24.0 Å². The lowest BCUT2D eigenvalue weighted by atomic mass is 10.1. The molecule has 0 saturated carbocycles. The van der Waals surface area contributed by atoms with E-state index in [1.165, 1.54) is 30.6 Å². The summed E-state index contributed by atoms with van der Waals surface area (Å²) in [7, 11) is 2.21. The number of nitrogens with one attached hydrogen (secondary N) is 2. The van der Waals surface area contributed by atoms with Crippen LogP contribution in [-0.4, -0.2) is 60.5 Å². The van der Waals surface area contributed by atoms with Crippen molar-refractivity contribution in [3.05, 3.63) is 52.7 Å². The fraction of sp³-hybridized carbons (Fsp3) is 0.565. The number of nitrogens with zero attached hydrogens (tertiary/aromatic N) is 4. The summed E-state index contributed by atoms with van der Waals surface area (Å²) in [6.45, 7) is 13.6. The molecule has 7 nitrogen and oxygen atoms in total. The molecule has 172 valence electrons. The Hall–Kier alpha value is -1.65. The van der Waals surface area contributed by atoms with Gasteiger partial charge < -0.3 is 20.0 Å². The quantitative estimate of drug-likeness (QED) is 0.319. The van der Waals surface area contributed by atoms with E-state index in [0.29, 0.717) is 19.0 Å². The molecule has 2 aromatic rings. The minimum Gasteiger partial charge on any atom is -0.444 e. The molecule has 3 rings (SSSR count). The van der Waals surface area contributed by atoms with Gasteiger partial charge in [-0.05, 0) is 58.5 Å². The molecule has 1 fully saturated rings. The number of guanidine groups is 1. The number of likely N-dealkylation sites (N-methyl/N-ethyl adjacent to an activating group) is 1. The third-order valence-electron chi connectivity index (χ3n) is 5.49. The predicted octanol–water partition coefficient (Wildman–Crippen LogP) is 3.30. The number of aliphatic imine (C=N–C) groups is 1. The van der Waals surface area contributed by atoms with Gasteiger partial charge in [0.1, 0.15) is 5.76 Å². The summed E-state index contributed by atoms with van der Waals surface area (Å²) in [5, 5.41) is 6.57. The fourth-order valence-electron chi connectivity index (χ4n) is 3.55. The van der Waals surface area contributed by atoms with Crippen LogP contribution in [0.2, 0.25) is 0 Å². The largest absolute Gasteiger partial charge is 0.444 e. The molecule has 31 heavy (non-hydrogen) atoms. The Bertz CT molecular complexity index is 800. The molecule has 1 aromatic heterocycles. The van der Waals surface area contributed by atoms with Crippen molar-refractivity contribution in [1.29, 1.82) is 0 Å². The molecule has 0 unspecified atom stereocenters. The lowest BCUT2D eigenvalue weighted by molar-refractivity contribution is 0.269. The van der Waals surface area contributed by atoms with E-state index in [2.05, 4.69) is 63.7 Å². The molecule has 8 heteroatoms. The minimum atomic E-state index is 0. The number of halogens is 1. The van der Waals surface area contributed by atoms with Gasteiger partial charge in [0.05, 0.1) is 18.8 Å². The number of oxazole rings is 1. The third-order valence-corrected chi connectivity index (χ3v) is 5.49. The Labute approximate surface area is 203 Å². The van der Waals surface area contributed by atoms with Gasteiger partial charge >= 0.3 is 0 Å². The monoisotopic (exact) mass is 540 g/mol. The van der Waals surface area contributed by atoms with E-state index in [1.54, 1.807) is 0 Å². The molecule has 0 spiro atoms. The SMILES string of the molecule is CCNC(=NCc1ccc(CN2CCCN(C)CC2)cc1)NCc1nc(C)c(C)o1.I. The topological polar surface area (TPSA) is 68.9 Å². The molecule has 0 aliphatic carbocycles. The first-order valence-corrected chi connectivity index (χ1v) is 11.0. The van der Waals surface area contributed by atoms with Crippen molar-refractivity contribution in [2.45, 2.75) is 46.8 Å². The van der Waals surface area contributed by atoms with Crippen LogP contribution < -0.4 is 10.6 Å². The molecule has 1 aliphatic heterocycles. The second kappa shape index (κ2) is 13.0.